The number of likely N-dealkylation sites (N-methyl/N-ethyl adjacent to an activating group) is 1. The lowest BCUT2D eigenvalue weighted by atomic mass is 10.2. The molecule has 0 saturated carbocycles. The summed E-state index contributed by atoms with van der Waals surface area (Å²) in [6.07, 6.45) is 0.579. The summed E-state index contributed by atoms with van der Waals surface area (Å²) in [5.41, 5.74) is 0. The van der Waals surface area contributed by atoms with Crippen LogP contribution in [0.2, 0.25) is 0 Å². The highest BCUT2D eigenvalue weighted by Gasteiger charge is 2.31. The molecule has 8 heteroatoms. The molecule has 1 amide bonds. The van der Waals surface area contributed by atoms with E-state index in [4.69, 9.17) is 4.52 Å². The van der Waals surface area contributed by atoms with Gasteiger partial charge in [0.2, 0.25) is 5.91 Å². The summed E-state index contributed by atoms with van der Waals surface area (Å²) in [5, 5.41) is 6.27. The summed E-state index contributed by atoms with van der Waals surface area (Å²) < 4.78 is 27.6. The van der Waals surface area contributed by atoms with Crippen LogP contribution in [0.25, 0.3) is 0 Å². The van der Waals surface area contributed by atoms with Crippen molar-refractivity contribution in [3.05, 3.63) is 11.8 Å². The lowest BCUT2D eigenvalue weighted by Gasteiger charge is -2.21. The van der Waals surface area contributed by atoms with E-state index in [1.807, 2.05) is 0 Å². The van der Waals surface area contributed by atoms with Crippen molar-refractivity contribution in [2.75, 3.05) is 30.4 Å². The number of nitrogens with zero attached hydrogens (tertiary/aromatic N) is 2. The Balaban J connectivity index is 1.85. The number of nitrogens with one attached hydrogen (secondary N) is 1. The summed E-state index contributed by atoms with van der Waals surface area (Å²) >= 11 is 0. The SMILES string of the molecule is Cc1cc(NC(=O)CN(C)[C@@H]2CCS(=O)(=O)C2)no1. The molecule has 1 aliphatic rings. The molecule has 1 aromatic heterocycles. The Morgan fingerprint density at radius 2 is 2.37 bits per heavy atom. The predicted octanol–water partition coefficient (Wildman–Crippen LogP) is 0.0404. The van der Waals surface area contributed by atoms with Crippen LogP contribution in [0.4, 0.5) is 5.82 Å². The average molecular weight is 287 g/mol. The fraction of sp³-hybridized carbons (Fsp3) is 0.636. The fourth-order valence-corrected chi connectivity index (χ4v) is 3.89. The lowest BCUT2D eigenvalue weighted by molar-refractivity contribution is -0.117. The van der Waals surface area contributed by atoms with Crippen LogP contribution in [0.5, 0.6) is 0 Å². The van der Waals surface area contributed by atoms with Gasteiger partial charge in [0.15, 0.2) is 15.7 Å². The molecule has 0 unspecified atom stereocenters. The minimum absolute atomic E-state index is 0.0882. The number of aryl methyl sites for hydroxylation is 1. The average Bonchev–Trinajstić information content (AvgIpc) is 2.84. The Labute approximate surface area is 111 Å². The molecule has 2 heterocycles. The zero-order valence-electron chi connectivity index (χ0n) is 10.9. The van der Waals surface area contributed by atoms with E-state index in [0.717, 1.165) is 0 Å². The molecule has 106 valence electrons. The molecule has 0 spiro atoms. The molecule has 0 bridgehead atoms. The number of anilines is 1. The van der Waals surface area contributed by atoms with Crippen LogP contribution in [-0.2, 0) is 14.6 Å². The molecular formula is C11H17N3O4S. The van der Waals surface area contributed by atoms with Gasteiger partial charge >= 0.3 is 0 Å². The Bertz CT molecular complexity index is 566. The van der Waals surface area contributed by atoms with Gasteiger partial charge in [0, 0.05) is 12.1 Å². The van der Waals surface area contributed by atoms with Gasteiger partial charge in [0.1, 0.15) is 5.76 Å². The maximum Gasteiger partial charge on any atom is 0.239 e. The minimum atomic E-state index is -2.93. The van der Waals surface area contributed by atoms with E-state index < -0.39 is 9.84 Å². The van der Waals surface area contributed by atoms with Crippen molar-refractivity contribution in [1.29, 1.82) is 0 Å². The number of hydrogen-bond donors (Lipinski definition) is 1. The van der Waals surface area contributed by atoms with Gasteiger partial charge in [0.25, 0.3) is 0 Å². The van der Waals surface area contributed by atoms with E-state index in [1.165, 1.54) is 0 Å². The second-order valence-electron chi connectivity index (χ2n) is 4.84. The monoisotopic (exact) mass is 287 g/mol. The summed E-state index contributed by atoms with van der Waals surface area (Å²) in [4.78, 5) is 13.5. The van der Waals surface area contributed by atoms with Gasteiger partial charge in [-0.05, 0) is 20.4 Å². The number of aromatic nitrogens is 1. The Kier molecular flexibility index (Phi) is 3.91. The lowest BCUT2D eigenvalue weighted by Crippen LogP contribution is -2.38. The van der Waals surface area contributed by atoms with Crippen LogP contribution in [0.1, 0.15) is 12.2 Å². The highest BCUT2D eigenvalue weighted by molar-refractivity contribution is 7.91. The first-order valence-electron chi connectivity index (χ1n) is 5.99. The topological polar surface area (TPSA) is 92.5 Å². The molecule has 1 aromatic rings. The molecule has 2 rings (SSSR count). The Hall–Kier alpha value is -1.41. The van der Waals surface area contributed by atoms with Crippen molar-refractivity contribution >= 4 is 21.6 Å². The number of sulfone groups is 1. The van der Waals surface area contributed by atoms with E-state index >= 15 is 0 Å². The Morgan fingerprint density at radius 1 is 1.63 bits per heavy atom. The normalized spacial score (nSPS) is 21.7. The third-order valence-electron chi connectivity index (χ3n) is 3.12. The maximum atomic E-state index is 11.8. The summed E-state index contributed by atoms with van der Waals surface area (Å²) in [7, 11) is -1.18. The van der Waals surface area contributed by atoms with Crippen molar-refractivity contribution in [2.45, 2.75) is 19.4 Å². The zero-order chi connectivity index (χ0) is 14.0. The Morgan fingerprint density at radius 3 is 2.89 bits per heavy atom. The van der Waals surface area contributed by atoms with Gasteiger partial charge in [-0.15, -0.1) is 0 Å². The van der Waals surface area contributed by atoms with Crippen molar-refractivity contribution in [3.8, 4) is 0 Å². The number of amides is 1. The van der Waals surface area contributed by atoms with E-state index in [1.54, 1.807) is 24.9 Å². The van der Waals surface area contributed by atoms with Crippen LogP contribution in [0.3, 0.4) is 0 Å². The molecule has 0 radical (unpaired) electrons. The molecule has 7 nitrogen and oxygen atoms in total. The molecule has 1 aliphatic heterocycles. The van der Waals surface area contributed by atoms with E-state index in [0.29, 0.717) is 18.0 Å². The molecule has 1 fully saturated rings. The highest BCUT2D eigenvalue weighted by atomic mass is 32.2. The van der Waals surface area contributed by atoms with Crippen LogP contribution in [-0.4, -0.2) is 55.5 Å². The van der Waals surface area contributed by atoms with Gasteiger partial charge in [-0.2, -0.15) is 0 Å². The minimum Gasteiger partial charge on any atom is -0.360 e. The van der Waals surface area contributed by atoms with Crippen molar-refractivity contribution < 1.29 is 17.7 Å². The number of rotatable bonds is 4. The van der Waals surface area contributed by atoms with E-state index in [2.05, 4.69) is 10.5 Å². The van der Waals surface area contributed by atoms with Gasteiger partial charge in [-0.1, -0.05) is 5.16 Å². The molecule has 1 saturated heterocycles. The second kappa shape index (κ2) is 5.30. The molecule has 19 heavy (non-hydrogen) atoms. The van der Waals surface area contributed by atoms with Gasteiger partial charge < -0.3 is 9.84 Å². The maximum absolute atomic E-state index is 11.8. The molecule has 0 aliphatic carbocycles. The fourth-order valence-electron chi connectivity index (χ4n) is 2.09. The summed E-state index contributed by atoms with van der Waals surface area (Å²) in [6, 6.07) is 1.53. The van der Waals surface area contributed by atoms with Crippen LogP contribution in [0, 0.1) is 6.92 Å². The van der Waals surface area contributed by atoms with Gasteiger partial charge in [-0.3, -0.25) is 9.69 Å². The first-order valence-corrected chi connectivity index (χ1v) is 7.82. The number of carbonyl (C=O) groups is 1. The second-order valence-corrected chi connectivity index (χ2v) is 7.07. The van der Waals surface area contributed by atoms with E-state index in [9.17, 15) is 13.2 Å². The summed E-state index contributed by atoms with van der Waals surface area (Å²) in [6.45, 7) is 1.87. The molecule has 1 N–H and O–H groups in total. The largest absolute Gasteiger partial charge is 0.360 e. The number of carbonyl (C=O) groups excluding carboxylic acids is 1. The van der Waals surface area contributed by atoms with E-state index in [-0.39, 0.29) is 30.0 Å². The smallest absolute Gasteiger partial charge is 0.239 e. The van der Waals surface area contributed by atoms with Gasteiger partial charge in [0.05, 0.1) is 18.1 Å². The van der Waals surface area contributed by atoms with Crippen LogP contribution >= 0.6 is 0 Å². The molecule has 1 atom stereocenters. The zero-order valence-corrected chi connectivity index (χ0v) is 11.7. The highest BCUT2D eigenvalue weighted by Crippen LogP contribution is 2.16. The predicted molar refractivity (Wildman–Crippen MR) is 69.6 cm³/mol. The van der Waals surface area contributed by atoms with Crippen LogP contribution < -0.4 is 5.32 Å². The van der Waals surface area contributed by atoms with Crippen molar-refractivity contribution in [2.24, 2.45) is 0 Å². The quantitative estimate of drug-likeness (QED) is 0.840. The first-order chi connectivity index (χ1) is 8.85. The van der Waals surface area contributed by atoms with Crippen LogP contribution in [0.15, 0.2) is 10.6 Å². The first kappa shape index (κ1) is 14.0. The van der Waals surface area contributed by atoms with Crippen molar-refractivity contribution in [3.63, 3.8) is 0 Å². The van der Waals surface area contributed by atoms with Gasteiger partial charge in [-0.25, -0.2) is 8.42 Å². The third kappa shape index (κ3) is 3.77. The van der Waals surface area contributed by atoms with Crippen molar-refractivity contribution in [1.82, 2.24) is 10.1 Å². The standard InChI is InChI=1S/C11H17N3O4S/c1-8-5-10(13-18-8)12-11(15)6-14(2)9-3-4-19(16,17)7-9/h5,9H,3-4,6-7H2,1-2H3,(H,12,13,15)/t9-/m1/s1. The number of hydrogen-bond acceptors (Lipinski definition) is 6. The molecular weight excluding hydrogens is 270 g/mol. The molecule has 0 aromatic carbocycles. The summed E-state index contributed by atoms with van der Waals surface area (Å²) in [5.74, 6) is 1.08. The third-order valence-corrected chi connectivity index (χ3v) is 4.87.